The van der Waals surface area contributed by atoms with Crippen molar-refractivity contribution in [2.45, 2.75) is 26.8 Å². The first kappa shape index (κ1) is 20.2. The number of fused-ring (bicyclic) bond motifs is 1. The number of rotatable bonds is 4. The number of nitriles is 1. The van der Waals surface area contributed by atoms with Crippen LogP contribution in [-0.2, 0) is 13.0 Å². The molecule has 0 saturated heterocycles. The maximum absolute atomic E-state index is 11.5. The summed E-state index contributed by atoms with van der Waals surface area (Å²) in [6.07, 6.45) is -0.512. The molecule has 156 valence electrons. The SMILES string of the molecule is Cc1cccc(C)c1Oc1nc(Nc2ccc(C#N)cc2)nc2c1CCN(C(=O)O)C2. The average Bonchev–Trinajstić information content (AvgIpc) is 2.76. The Kier molecular flexibility index (Phi) is 5.41. The summed E-state index contributed by atoms with van der Waals surface area (Å²) in [4.78, 5) is 22.0. The van der Waals surface area contributed by atoms with E-state index in [4.69, 9.17) is 10.00 Å². The van der Waals surface area contributed by atoms with Crippen molar-refractivity contribution in [2.75, 3.05) is 11.9 Å². The van der Waals surface area contributed by atoms with Gasteiger partial charge in [-0.25, -0.2) is 9.78 Å². The molecule has 4 rings (SSSR count). The summed E-state index contributed by atoms with van der Waals surface area (Å²) < 4.78 is 6.25. The maximum Gasteiger partial charge on any atom is 0.407 e. The molecule has 0 saturated carbocycles. The lowest BCUT2D eigenvalue weighted by molar-refractivity contribution is 0.138. The third kappa shape index (κ3) is 4.26. The van der Waals surface area contributed by atoms with Crippen molar-refractivity contribution in [3.63, 3.8) is 0 Å². The van der Waals surface area contributed by atoms with E-state index in [1.54, 1.807) is 24.3 Å². The fourth-order valence-corrected chi connectivity index (χ4v) is 3.51. The molecule has 8 heteroatoms. The van der Waals surface area contributed by atoms with E-state index in [0.717, 1.165) is 22.4 Å². The molecule has 1 aromatic heterocycles. The molecule has 1 aliphatic rings. The highest BCUT2D eigenvalue weighted by Crippen LogP contribution is 2.34. The standard InChI is InChI=1S/C23H21N5O3/c1-14-4-3-5-15(2)20(14)31-21-18-10-11-28(23(29)30)13-19(18)26-22(27-21)25-17-8-6-16(12-24)7-9-17/h3-9H,10-11,13H2,1-2H3,(H,29,30)(H,25,26,27). The number of para-hydroxylation sites is 1. The van der Waals surface area contributed by atoms with Crippen LogP contribution in [0.1, 0.15) is 27.9 Å². The van der Waals surface area contributed by atoms with Crippen molar-refractivity contribution in [1.29, 1.82) is 5.26 Å². The van der Waals surface area contributed by atoms with Crippen molar-refractivity contribution >= 4 is 17.7 Å². The van der Waals surface area contributed by atoms with Gasteiger partial charge in [0.1, 0.15) is 5.75 Å². The van der Waals surface area contributed by atoms with Gasteiger partial charge in [-0.1, -0.05) is 18.2 Å². The molecule has 2 aromatic carbocycles. The van der Waals surface area contributed by atoms with Crippen LogP contribution in [0, 0.1) is 25.2 Å². The predicted molar refractivity (Wildman–Crippen MR) is 115 cm³/mol. The molecule has 0 spiro atoms. The molecule has 2 N–H and O–H groups in total. The zero-order chi connectivity index (χ0) is 22.0. The van der Waals surface area contributed by atoms with E-state index in [9.17, 15) is 9.90 Å². The number of aryl methyl sites for hydroxylation is 2. The van der Waals surface area contributed by atoms with E-state index < -0.39 is 6.09 Å². The van der Waals surface area contributed by atoms with Gasteiger partial charge in [0.05, 0.1) is 23.9 Å². The number of anilines is 2. The molecule has 0 fully saturated rings. The van der Waals surface area contributed by atoms with Crippen LogP contribution in [0.5, 0.6) is 11.6 Å². The van der Waals surface area contributed by atoms with Crippen molar-refractivity contribution in [3.8, 4) is 17.7 Å². The first-order chi connectivity index (χ1) is 14.9. The topological polar surface area (TPSA) is 111 Å². The molecular formula is C23H21N5O3. The summed E-state index contributed by atoms with van der Waals surface area (Å²) >= 11 is 0. The highest BCUT2D eigenvalue weighted by atomic mass is 16.5. The largest absolute Gasteiger partial charge is 0.465 e. The van der Waals surface area contributed by atoms with Gasteiger partial charge in [-0.05, 0) is 55.7 Å². The van der Waals surface area contributed by atoms with Crippen molar-refractivity contribution < 1.29 is 14.6 Å². The lowest BCUT2D eigenvalue weighted by Gasteiger charge is -2.27. The number of nitrogens with zero attached hydrogens (tertiary/aromatic N) is 4. The van der Waals surface area contributed by atoms with Crippen LogP contribution in [0.3, 0.4) is 0 Å². The number of benzene rings is 2. The number of carboxylic acid groups (broad SMARTS) is 1. The second kappa shape index (κ2) is 8.32. The molecule has 0 radical (unpaired) electrons. The minimum absolute atomic E-state index is 0.165. The second-order valence-electron chi connectivity index (χ2n) is 7.37. The molecule has 31 heavy (non-hydrogen) atoms. The van der Waals surface area contributed by atoms with Gasteiger partial charge in [-0.3, -0.25) is 0 Å². The zero-order valence-electron chi connectivity index (χ0n) is 17.2. The lowest BCUT2D eigenvalue weighted by Crippen LogP contribution is -2.35. The minimum atomic E-state index is -0.983. The molecule has 1 aliphatic heterocycles. The molecule has 3 aromatic rings. The quantitative estimate of drug-likeness (QED) is 0.643. The molecule has 1 amide bonds. The fourth-order valence-electron chi connectivity index (χ4n) is 3.51. The zero-order valence-corrected chi connectivity index (χ0v) is 17.2. The van der Waals surface area contributed by atoms with E-state index in [1.807, 2.05) is 32.0 Å². The first-order valence-electron chi connectivity index (χ1n) is 9.83. The van der Waals surface area contributed by atoms with Gasteiger partial charge in [-0.15, -0.1) is 0 Å². The minimum Gasteiger partial charge on any atom is -0.465 e. The van der Waals surface area contributed by atoms with Crippen molar-refractivity contribution in [2.24, 2.45) is 0 Å². The fraction of sp³-hybridized carbons (Fsp3) is 0.217. The van der Waals surface area contributed by atoms with Gasteiger partial charge >= 0.3 is 6.09 Å². The van der Waals surface area contributed by atoms with Gasteiger partial charge in [0.25, 0.3) is 0 Å². The number of hydrogen-bond acceptors (Lipinski definition) is 6. The van der Waals surface area contributed by atoms with E-state index in [0.29, 0.717) is 41.7 Å². The van der Waals surface area contributed by atoms with Crippen LogP contribution in [0.4, 0.5) is 16.4 Å². The molecular weight excluding hydrogens is 394 g/mol. The number of nitrogens with one attached hydrogen (secondary N) is 1. The molecule has 0 aliphatic carbocycles. The number of hydrogen-bond donors (Lipinski definition) is 2. The Balaban J connectivity index is 1.73. The predicted octanol–water partition coefficient (Wildman–Crippen LogP) is 4.54. The van der Waals surface area contributed by atoms with Crippen LogP contribution >= 0.6 is 0 Å². The molecule has 0 atom stereocenters. The number of aromatic nitrogens is 2. The third-order valence-corrected chi connectivity index (χ3v) is 5.18. The van der Waals surface area contributed by atoms with Crippen LogP contribution in [0.2, 0.25) is 0 Å². The molecule has 8 nitrogen and oxygen atoms in total. The Morgan fingerprint density at radius 3 is 2.52 bits per heavy atom. The summed E-state index contributed by atoms with van der Waals surface area (Å²) in [5.41, 5.74) is 4.65. The smallest absolute Gasteiger partial charge is 0.407 e. The van der Waals surface area contributed by atoms with Gasteiger partial charge < -0.3 is 20.1 Å². The lowest BCUT2D eigenvalue weighted by atomic mass is 10.1. The highest BCUT2D eigenvalue weighted by Gasteiger charge is 2.26. The Bertz CT molecular complexity index is 1160. The third-order valence-electron chi connectivity index (χ3n) is 5.18. The number of carbonyl (C=O) groups is 1. The normalized spacial score (nSPS) is 12.6. The average molecular weight is 415 g/mol. The first-order valence-corrected chi connectivity index (χ1v) is 9.83. The highest BCUT2D eigenvalue weighted by molar-refractivity contribution is 5.66. The summed E-state index contributed by atoms with van der Waals surface area (Å²) in [5.74, 6) is 1.45. The van der Waals surface area contributed by atoms with Crippen LogP contribution < -0.4 is 10.1 Å². The second-order valence-corrected chi connectivity index (χ2v) is 7.37. The van der Waals surface area contributed by atoms with Gasteiger partial charge in [0, 0.05) is 17.8 Å². The van der Waals surface area contributed by atoms with E-state index >= 15 is 0 Å². The molecule has 2 heterocycles. The Labute approximate surface area is 179 Å². The number of amides is 1. The van der Waals surface area contributed by atoms with E-state index in [1.165, 1.54) is 4.90 Å². The maximum atomic E-state index is 11.5. The Morgan fingerprint density at radius 2 is 1.87 bits per heavy atom. The summed E-state index contributed by atoms with van der Waals surface area (Å²) in [6.45, 7) is 4.46. The Hall–Kier alpha value is -4.12. The summed E-state index contributed by atoms with van der Waals surface area (Å²) in [7, 11) is 0. The molecule has 0 bridgehead atoms. The monoisotopic (exact) mass is 415 g/mol. The van der Waals surface area contributed by atoms with Gasteiger partial charge in [0.15, 0.2) is 0 Å². The summed E-state index contributed by atoms with van der Waals surface area (Å²) in [6, 6.07) is 14.9. The number of ether oxygens (including phenoxy) is 1. The Morgan fingerprint density at radius 1 is 1.16 bits per heavy atom. The van der Waals surface area contributed by atoms with Gasteiger partial charge in [-0.2, -0.15) is 10.2 Å². The van der Waals surface area contributed by atoms with Crippen molar-refractivity contribution in [1.82, 2.24) is 14.9 Å². The van der Waals surface area contributed by atoms with E-state index in [2.05, 4.69) is 21.4 Å². The summed E-state index contributed by atoms with van der Waals surface area (Å²) in [5, 5.41) is 21.5. The van der Waals surface area contributed by atoms with E-state index in [-0.39, 0.29) is 6.54 Å². The van der Waals surface area contributed by atoms with Crippen LogP contribution in [0.15, 0.2) is 42.5 Å². The van der Waals surface area contributed by atoms with Crippen LogP contribution in [0.25, 0.3) is 0 Å². The molecule has 0 unspecified atom stereocenters. The van der Waals surface area contributed by atoms with Gasteiger partial charge in [0.2, 0.25) is 11.8 Å². The van der Waals surface area contributed by atoms with Crippen molar-refractivity contribution in [3.05, 3.63) is 70.4 Å². The van der Waals surface area contributed by atoms with Crippen LogP contribution in [-0.4, -0.2) is 32.6 Å².